The lowest BCUT2D eigenvalue weighted by molar-refractivity contribution is 0.0697. The summed E-state index contributed by atoms with van der Waals surface area (Å²) in [4.78, 5) is 11.5. The van der Waals surface area contributed by atoms with Gasteiger partial charge in [-0.05, 0) is 34.9 Å². The van der Waals surface area contributed by atoms with Crippen molar-refractivity contribution in [3.63, 3.8) is 0 Å². The highest BCUT2D eigenvalue weighted by atomic mass is 16.5. The van der Waals surface area contributed by atoms with Crippen molar-refractivity contribution < 1.29 is 14.6 Å². The molecule has 3 aromatic rings. The number of carbonyl (C=O) groups is 1. The van der Waals surface area contributed by atoms with E-state index >= 15 is 0 Å². The van der Waals surface area contributed by atoms with Crippen LogP contribution in [0.4, 0.5) is 0 Å². The van der Waals surface area contributed by atoms with Crippen molar-refractivity contribution >= 4 is 5.97 Å². The van der Waals surface area contributed by atoms with E-state index in [-0.39, 0.29) is 0 Å². The minimum absolute atomic E-state index is 0.305. The number of ether oxygens (including phenoxy) is 1. The summed E-state index contributed by atoms with van der Waals surface area (Å²) in [6, 6.07) is 20.8. The van der Waals surface area contributed by atoms with Crippen LogP contribution in [-0.2, 0) is 6.42 Å². The fourth-order valence-electron chi connectivity index (χ4n) is 3.06. The minimum Gasteiger partial charge on any atom is -0.478 e. The van der Waals surface area contributed by atoms with Crippen LogP contribution in [0.2, 0.25) is 0 Å². The van der Waals surface area contributed by atoms with Gasteiger partial charge in [0.25, 0.3) is 0 Å². The van der Waals surface area contributed by atoms with Gasteiger partial charge in [0.1, 0.15) is 11.5 Å². The predicted octanol–water partition coefficient (Wildman–Crippen LogP) is 4.75. The fourth-order valence-corrected chi connectivity index (χ4v) is 3.06. The summed E-state index contributed by atoms with van der Waals surface area (Å²) >= 11 is 0. The zero-order chi connectivity index (χ0) is 15.8. The molecule has 1 N–H and O–H groups in total. The van der Waals surface area contributed by atoms with Crippen LogP contribution in [0.1, 0.15) is 21.5 Å². The Kier molecular flexibility index (Phi) is 3.12. The smallest absolute Gasteiger partial charge is 0.336 e. The number of carboxylic acid groups (broad SMARTS) is 1. The molecule has 3 aromatic carbocycles. The molecule has 0 atom stereocenters. The summed E-state index contributed by atoms with van der Waals surface area (Å²) in [6.45, 7) is 0. The van der Waals surface area contributed by atoms with Crippen molar-refractivity contribution in [2.24, 2.45) is 0 Å². The number of hydrogen-bond acceptors (Lipinski definition) is 2. The van der Waals surface area contributed by atoms with E-state index in [2.05, 4.69) is 0 Å². The molecule has 0 fully saturated rings. The highest BCUT2D eigenvalue weighted by Crippen LogP contribution is 2.41. The molecule has 23 heavy (non-hydrogen) atoms. The molecule has 0 bridgehead atoms. The van der Waals surface area contributed by atoms with Crippen molar-refractivity contribution in [2.75, 3.05) is 0 Å². The van der Waals surface area contributed by atoms with E-state index in [1.165, 1.54) is 0 Å². The van der Waals surface area contributed by atoms with Gasteiger partial charge in [-0.1, -0.05) is 48.5 Å². The van der Waals surface area contributed by atoms with Gasteiger partial charge in [0.2, 0.25) is 0 Å². The molecule has 3 heteroatoms. The van der Waals surface area contributed by atoms with Crippen LogP contribution in [0.15, 0.2) is 66.7 Å². The van der Waals surface area contributed by atoms with Gasteiger partial charge in [0.15, 0.2) is 0 Å². The van der Waals surface area contributed by atoms with E-state index in [0.717, 1.165) is 40.2 Å². The quantitative estimate of drug-likeness (QED) is 0.581. The summed E-state index contributed by atoms with van der Waals surface area (Å²) in [6.07, 6.45) is 0.732. The highest BCUT2D eigenvalue weighted by molar-refractivity contribution is 5.96. The standard InChI is InChI=1S/C20H14O3/c21-20(22)16-8-3-2-7-14(16)15-9-5-11-19-17(15)12-13-6-1-4-10-18(13)23-19/h1-11H,12H2,(H,21,22). The molecule has 4 rings (SSSR count). The first-order valence-electron chi connectivity index (χ1n) is 7.44. The predicted molar refractivity (Wildman–Crippen MR) is 88.2 cm³/mol. The average Bonchev–Trinajstić information content (AvgIpc) is 2.59. The molecule has 1 heterocycles. The summed E-state index contributed by atoms with van der Waals surface area (Å²) in [5.41, 5.74) is 4.08. The van der Waals surface area contributed by atoms with Crippen molar-refractivity contribution in [1.82, 2.24) is 0 Å². The number of para-hydroxylation sites is 1. The molecule has 0 saturated carbocycles. The van der Waals surface area contributed by atoms with Crippen LogP contribution >= 0.6 is 0 Å². The lowest BCUT2D eigenvalue weighted by atomic mass is 9.90. The van der Waals surface area contributed by atoms with Crippen molar-refractivity contribution in [1.29, 1.82) is 0 Å². The monoisotopic (exact) mass is 302 g/mol. The lowest BCUT2D eigenvalue weighted by Crippen LogP contribution is -2.06. The third kappa shape index (κ3) is 2.27. The molecule has 0 aliphatic carbocycles. The van der Waals surface area contributed by atoms with E-state index in [9.17, 15) is 9.90 Å². The summed E-state index contributed by atoms with van der Waals surface area (Å²) in [5, 5.41) is 9.46. The molecule has 1 aliphatic rings. The Bertz CT molecular complexity index is 912. The first-order chi connectivity index (χ1) is 11.2. The molecule has 0 aromatic heterocycles. The summed E-state index contributed by atoms with van der Waals surface area (Å²) in [7, 11) is 0. The van der Waals surface area contributed by atoms with Gasteiger partial charge in [-0.25, -0.2) is 4.79 Å². The normalized spacial score (nSPS) is 12.0. The zero-order valence-corrected chi connectivity index (χ0v) is 12.3. The molecule has 112 valence electrons. The molecule has 0 unspecified atom stereocenters. The first kappa shape index (κ1) is 13.6. The second kappa shape index (κ2) is 5.29. The van der Waals surface area contributed by atoms with Gasteiger partial charge in [-0.15, -0.1) is 0 Å². The van der Waals surface area contributed by atoms with Gasteiger partial charge < -0.3 is 9.84 Å². The van der Waals surface area contributed by atoms with E-state index in [1.807, 2.05) is 54.6 Å². The van der Waals surface area contributed by atoms with E-state index in [4.69, 9.17) is 4.74 Å². The third-order valence-electron chi connectivity index (χ3n) is 4.14. The topological polar surface area (TPSA) is 46.5 Å². The average molecular weight is 302 g/mol. The molecular formula is C20H14O3. The second-order valence-electron chi connectivity index (χ2n) is 5.52. The summed E-state index contributed by atoms with van der Waals surface area (Å²) in [5.74, 6) is 0.736. The second-order valence-corrected chi connectivity index (χ2v) is 5.52. The number of benzene rings is 3. The molecule has 3 nitrogen and oxygen atoms in total. The summed E-state index contributed by atoms with van der Waals surface area (Å²) < 4.78 is 5.99. The maximum Gasteiger partial charge on any atom is 0.336 e. The van der Waals surface area contributed by atoms with Gasteiger partial charge in [-0.2, -0.15) is 0 Å². The SMILES string of the molecule is O=C(O)c1ccccc1-c1cccc2c1Cc1ccccc1O2. The molecular weight excluding hydrogens is 288 g/mol. The lowest BCUT2D eigenvalue weighted by Gasteiger charge is -2.23. The first-order valence-corrected chi connectivity index (χ1v) is 7.44. The van der Waals surface area contributed by atoms with Gasteiger partial charge in [0, 0.05) is 12.0 Å². The van der Waals surface area contributed by atoms with E-state index in [0.29, 0.717) is 5.56 Å². The largest absolute Gasteiger partial charge is 0.478 e. The van der Waals surface area contributed by atoms with Crippen LogP contribution in [0.5, 0.6) is 11.5 Å². The van der Waals surface area contributed by atoms with Crippen LogP contribution in [0.3, 0.4) is 0 Å². The third-order valence-corrected chi connectivity index (χ3v) is 4.14. The van der Waals surface area contributed by atoms with Crippen LogP contribution in [-0.4, -0.2) is 11.1 Å². The number of carboxylic acids is 1. The fraction of sp³-hybridized carbons (Fsp3) is 0.0500. The molecule has 1 aliphatic heterocycles. The van der Waals surface area contributed by atoms with Crippen molar-refractivity contribution in [3.05, 3.63) is 83.4 Å². The molecule has 0 radical (unpaired) electrons. The van der Waals surface area contributed by atoms with E-state index < -0.39 is 5.97 Å². The minimum atomic E-state index is -0.921. The Hall–Kier alpha value is -3.07. The van der Waals surface area contributed by atoms with E-state index in [1.54, 1.807) is 12.1 Å². The zero-order valence-electron chi connectivity index (χ0n) is 12.3. The van der Waals surface area contributed by atoms with Gasteiger partial charge >= 0.3 is 5.97 Å². The number of aromatic carboxylic acids is 1. The van der Waals surface area contributed by atoms with Crippen LogP contribution in [0.25, 0.3) is 11.1 Å². The van der Waals surface area contributed by atoms with Gasteiger partial charge in [-0.3, -0.25) is 0 Å². The number of rotatable bonds is 2. The van der Waals surface area contributed by atoms with Crippen LogP contribution in [0, 0.1) is 0 Å². The maximum atomic E-state index is 11.5. The Balaban J connectivity index is 1.90. The van der Waals surface area contributed by atoms with Crippen LogP contribution < -0.4 is 4.74 Å². The molecule has 0 spiro atoms. The van der Waals surface area contributed by atoms with Crippen molar-refractivity contribution in [3.8, 4) is 22.6 Å². The Morgan fingerprint density at radius 1 is 0.826 bits per heavy atom. The molecule has 0 saturated heterocycles. The Morgan fingerprint density at radius 3 is 2.39 bits per heavy atom. The Morgan fingerprint density at radius 2 is 1.52 bits per heavy atom. The highest BCUT2D eigenvalue weighted by Gasteiger charge is 2.21. The van der Waals surface area contributed by atoms with Crippen molar-refractivity contribution in [2.45, 2.75) is 6.42 Å². The maximum absolute atomic E-state index is 11.5. The molecule has 0 amide bonds. The Labute approximate surface area is 133 Å². The van der Waals surface area contributed by atoms with Gasteiger partial charge in [0.05, 0.1) is 5.56 Å². The number of hydrogen-bond donors (Lipinski definition) is 1. The number of fused-ring (bicyclic) bond motifs is 2.